The molecule has 1 aromatic heterocycles. The Bertz CT molecular complexity index is 291. The van der Waals surface area contributed by atoms with E-state index in [0.717, 1.165) is 19.4 Å². The van der Waals surface area contributed by atoms with Gasteiger partial charge in [0, 0.05) is 12.7 Å². The summed E-state index contributed by atoms with van der Waals surface area (Å²) in [5.74, 6) is -0.217. The zero-order valence-corrected chi connectivity index (χ0v) is 8.82. The van der Waals surface area contributed by atoms with Crippen LogP contribution in [-0.4, -0.2) is 17.1 Å². The standard InChI is InChI=1S/C11H17NO2/c1-3-7-12-8-5-6-10(12)11(13)14-9-4-2/h5-6,8H,3-4,7,9H2,1-2H3. The molecule has 0 aliphatic carbocycles. The van der Waals surface area contributed by atoms with Crippen LogP contribution in [0.25, 0.3) is 0 Å². The summed E-state index contributed by atoms with van der Waals surface area (Å²) in [7, 11) is 0. The van der Waals surface area contributed by atoms with Crippen molar-refractivity contribution in [2.24, 2.45) is 0 Å². The molecule has 0 bridgehead atoms. The van der Waals surface area contributed by atoms with E-state index in [4.69, 9.17) is 4.74 Å². The Morgan fingerprint density at radius 3 is 2.86 bits per heavy atom. The Hall–Kier alpha value is -1.25. The summed E-state index contributed by atoms with van der Waals surface area (Å²) in [4.78, 5) is 11.5. The lowest BCUT2D eigenvalue weighted by Gasteiger charge is -2.07. The van der Waals surface area contributed by atoms with Crippen LogP contribution >= 0.6 is 0 Å². The molecule has 0 aromatic carbocycles. The zero-order chi connectivity index (χ0) is 10.4. The Morgan fingerprint density at radius 2 is 2.21 bits per heavy atom. The van der Waals surface area contributed by atoms with Gasteiger partial charge in [-0.2, -0.15) is 0 Å². The van der Waals surface area contributed by atoms with Gasteiger partial charge in [0.25, 0.3) is 0 Å². The van der Waals surface area contributed by atoms with E-state index >= 15 is 0 Å². The Balaban J connectivity index is 2.63. The van der Waals surface area contributed by atoms with Crippen LogP contribution in [0.3, 0.4) is 0 Å². The number of aromatic nitrogens is 1. The first-order valence-electron chi connectivity index (χ1n) is 5.11. The van der Waals surface area contributed by atoms with E-state index in [0.29, 0.717) is 12.3 Å². The van der Waals surface area contributed by atoms with Crippen molar-refractivity contribution in [2.45, 2.75) is 33.2 Å². The molecule has 78 valence electrons. The quantitative estimate of drug-likeness (QED) is 0.676. The fraction of sp³-hybridized carbons (Fsp3) is 0.545. The van der Waals surface area contributed by atoms with E-state index in [1.807, 2.05) is 23.8 Å². The number of aryl methyl sites for hydroxylation is 1. The summed E-state index contributed by atoms with van der Waals surface area (Å²) in [6.07, 6.45) is 3.79. The number of ether oxygens (including phenoxy) is 1. The Morgan fingerprint density at radius 1 is 1.43 bits per heavy atom. The molecule has 0 saturated heterocycles. The second-order valence-corrected chi connectivity index (χ2v) is 3.22. The fourth-order valence-electron chi connectivity index (χ4n) is 1.30. The van der Waals surface area contributed by atoms with E-state index in [9.17, 15) is 4.79 Å². The predicted molar refractivity (Wildman–Crippen MR) is 55.3 cm³/mol. The number of esters is 1. The summed E-state index contributed by atoms with van der Waals surface area (Å²) >= 11 is 0. The van der Waals surface area contributed by atoms with E-state index in [2.05, 4.69) is 6.92 Å². The van der Waals surface area contributed by atoms with Crippen molar-refractivity contribution in [3.8, 4) is 0 Å². The van der Waals surface area contributed by atoms with Gasteiger partial charge in [0.05, 0.1) is 6.61 Å². The average molecular weight is 195 g/mol. The number of carbonyl (C=O) groups excluding carboxylic acids is 1. The molecule has 14 heavy (non-hydrogen) atoms. The van der Waals surface area contributed by atoms with Gasteiger partial charge in [-0.15, -0.1) is 0 Å². The normalized spacial score (nSPS) is 10.1. The van der Waals surface area contributed by atoms with Crippen molar-refractivity contribution < 1.29 is 9.53 Å². The molecular formula is C11H17NO2. The first-order chi connectivity index (χ1) is 6.79. The van der Waals surface area contributed by atoms with Crippen molar-refractivity contribution in [1.82, 2.24) is 4.57 Å². The van der Waals surface area contributed by atoms with Crippen molar-refractivity contribution in [3.05, 3.63) is 24.0 Å². The van der Waals surface area contributed by atoms with Gasteiger partial charge in [-0.3, -0.25) is 0 Å². The lowest BCUT2D eigenvalue weighted by molar-refractivity contribution is 0.0492. The van der Waals surface area contributed by atoms with Crippen molar-refractivity contribution >= 4 is 5.97 Å². The monoisotopic (exact) mass is 195 g/mol. The molecule has 3 heteroatoms. The molecule has 0 aliphatic heterocycles. The SMILES string of the molecule is CCCOC(=O)c1cccn1CCC. The Kier molecular flexibility index (Phi) is 4.23. The van der Waals surface area contributed by atoms with Gasteiger partial charge >= 0.3 is 5.97 Å². The molecule has 0 N–H and O–H groups in total. The van der Waals surface area contributed by atoms with E-state index in [1.54, 1.807) is 6.07 Å². The molecule has 0 atom stereocenters. The number of rotatable bonds is 5. The number of nitrogens with zero attached hydrogens (tertiary/aromatic N) is 1. The van der Waals surface area contributed by atoms with Gasteiger partial charge in [0.1, 0.15) is 5.69 Å². The first-order valence-corrected chi connectivity index (χ1v) is 5.11. The lowest BCUT2D eigenvalue weighted by atomic mass is 10.4. The molecule has 0 unspecified atom stereocenters. The molecule has 0 fully saturated rings. The second kappa shape index (κ2) is 5.47. The van der Waals surface area contributed by atoms with Gasteiger partial charge < -0.3 is 9.30 Å². The number of hydrogen-bond donors (Lipinski definition) is 0. The van der Waals surface area contributed by atoms with Gasteiger partial charge in [0.15, 0.2) is 0 Å². The predicted octanol–water partition coefficient (Wildman–Crippen LogP) is 2.46. The molecule has 1 rings (SSSR count). The third kappa shape index (κ3) is 2.62. The minimum absolute atomic E-state index is 0.217. The highest BCUT2D eigenvalue weighted by Gasteiger charge is 2.10. The summed E-state index contributed by atoms with van der Waals surface area (Å²) < 4.78 is 6.99. The second-order valence-electron chi connectivity index (χ2n) is 3.22. The van der Waals surface area contributed by atoms with Crippen molar-refractivity contribution in [2.75, 3.05) is 6.61 Å². The minimum atomic E-state index is -0.217. The molecule has 1 heterocycles. The topological polar surface area (TPSA) is 31.2 Å². The Labute approximate surface area is 84.7 Å². The molecule has 0 spiro atoms. The molecule has 0 aliphatic rings. The summed E-state index contributed by atoms with van der Waals surface area (Å²) in [6, 6.07) is 3.67. The van der Waals surface area contributed by atoms with Gasteiger partial charge in [-0.25, -0.2) is 4.79 Å². The summed E-state index contributed by atoms with van der Waals surface area (Å²) in [6.45, 7) is 5.43. The maximum absolute atomic E-state index is 11.5. The van der Waals surface area contributed by atoms with Crippen LogP contribution in [0.4, 0.5) is 0 Å². The minimum Gasteiger partial charge on any atom is -0.461 e. The number of carbonyl (C=O) groups is 1. The zero-order valence-electron chi connectivity index (χ0n) is 8.82. The molecule has 0 saturated carbocycles. The summed E-state index contributed by atoms with van der Waals surface area (Å²) in [5, 5.41) is 0. The molecule has 3 nitrogen and oxygen atoms in total. The maximum Gasteiger partial charge on any atom is 0.354 e. The van der Waals surface area contributed by atoms with Crippen molar-refractivity contribution in [3.63, 3.8) is 0 Å². The molecule has 0 amide bonds. The molecular weight excluding hydrogens is 178 g/mol. The van der Waals surface area contributed by atoms with Crippen LogP contribution in [0.5, 0.6) is 0 Å². The number of hydrogen-bond acceptors (Lipinski definition) is 2. The maximum atomic E-state index is 11.5. The van der Waals surface area contributed by atoms with Gasteiger partial charge in [-0.1, -0.05) is 13.8 Å². The van der Waals surface area contributed by atoms with Crippen LogP contribution in [-0.2, 0) is 11.3 Å². The highest BCUT2D eigenvalue weighted by Crippen LogP contribution is 2.05. The summed E-state index contributed by atoms with van der Waals surface area (Å²) in [5.41, 5.74) is 0.653. The van der Waals surface area contributed by atoms with Gasteiger partial charge in [-0.05, 0) is 25.0 Å². The average Bonchev–Trinajstić information content (AvgIpc) is 2.63. The van der Waals surface area contributed by atoms with E-state index < -0.39 is 0 Å². The molecule has 0 radical (unpaired) electrons. The van der Waals surface area contributed by atoms with Crippen molar-refractivity contribution in [1.29, 1.82) is 0 Å². The highest BCUT2D eigenvalue weighted by molar-refractivity contribution is 5.87. The highest BCUT2D eigenvalue weighted by atomic mass is 16.5. The first kappa shape index (κ1) is 10.8. The van der Waals surface area contributed by atoms with E-state index in [-0.39, 0.29) is 5.97 Å². The smallest absolute Gasteiger partial charge is 0.354 e. The van der Waals surface area contributed by atoms with Crippen LogP contribution in [0.15, 0.2) is 18.3 Å². The van der Waals surface area contributed by atoms with Crippen LogP contribution in [0, 0.1) is 0 Å². The van der Waals surface area contributed by atoms with Crippen LogP contribution < -0.4 is 0 Å². The third-order valence-corrected chi connectivity index (χ3v) is 1.94. The molecule has 1 aromatic rings. The van der Waals surface area contributed by atoms with Crippen LogP contribution in [0.1, 0.15) is 37.2 Å². The lowest BCUT2D eigenvalue weighted by Crippen LogP contribution is -2.12. The van der Waals surface area contributed by atoms with Gasteiger partial charge in [0.2, 0.25) is 0 Å². The fourth-order valence-corrected chi connectivity index (χ4v) is 1.30. The van der Waals surface area contributed by atoms with Crippen LogP contribution in [0.2, 0.25) is 0 Å². The third-order valence-electron chi connectivity index (χ3n) is 1.94. The largest absolute Gasteiger partial charge is 0.461 e. The van der Waals surface area contributed by atoms with E-state index in [1.165, 1.54) is 0 Å².